The molecule has 0 saturated carbocycles. The Labute approximate surface area is 99.5 Å². The molecule has 1 aromatic carbocycles. The molecule has 0 spiro atoms. The molecular formula is C12H15FN2O2. The quantitative estimate of drug-likeness (QED) is 0.636. The van der Waals surface area contributed by atoms with Crippen LogP contribution in [-0.2, 0) is 4.74 Å². The van der Waals surface area contributed by atoms with Crippen LogP contribution in [0.2, 0.25) is 0 Å². The molecule has 17 heavy (non-hydrogen) atoms. The number of nitrogens with zero attached hydrogens (tertiary/aromatic N) is 1. The van der Waals surface area contributed by atoms with Gasteiger partial charge in [-0.3, -0.25) is 0 Å². The number of nitrogens with one attached hydrogen (secondary N) is 1. The zero-order chi connectivity index (χ0) is 12.9. The summed E-state index contributed by atoms with van der Waals surface area (Å²) in [4.78, 5) is 11.2. The Bertz CT molecular complexity index is 425. The summed E-state index contributed by atoms with van der Waals surface area (Å²) in [5.41, 5.74) is 2.18. The van der Waals surface area contributed by atoms with E-state index in [1.165, 1.54) is 18.3 Å². The maximum Gasteiger partial charge on any atom is 0.428 e. The van der Waals surface area contributed by atoms with Crippen molar-refractivity contribution < 1.29 is 13.9 Å². The van der Waals surface area contributed by atoms with Gasteiger partial charge in [0.2, 0.25) is 0 Å². The number of benzene rings is 1. The Balaban J connectivity index is 2.48. The summed E-state index contributed by atoms with van der Waals surface area (Å²) < 4.78 is 17.8. The Hall–Kier alpha value is -1.91. The minimum Gasteiger partial charge on any atom is -0.443 e. The van der Waals surface area contributed by atoms with Gasteiger partial charge in [-0.05, 0) is 38.5 Å². The fourth-order valence-electron chi connectivity index (χ4n) is 1.05. The smallest absolute Gasteiger partial charge is 0.428 e. The highest BCUT2D eigenvalue weighted by Crippen LogP contribution is 2.06. The third kappa shape index (κ3) is 5.65. The summed E-state index contributed by atoms with van der Waals surface area (Å²) in [6.07, 6.45) is 0.692. The number of carbonyl (C=O) groups is 1. The van der Waals surface area contributed by atoms with Gasteiger partial charge in [-0.15, -0.1) is 0 Å². The molecule has 0 aliphatic heterocycles. The first-order valence-corrected chi connectivity index (χ1v) is 5.14. The van der Waals surface area contributed by atoms with Crippen molar-refractivity contribution in [3.63, 3.8) is 0 Å². The van der Waals surface area contributed by atoms with Crippen molar-refractivity contribution in [2.75, 3.05) is 0 Å². The molecule has 0 heterocycles. The average Bonchev–Trinajstić information content (AvgIpc) is 2.14. The van der Waals surface area contributed by atoms with E-state index in [0.717, 1.165) is 0 Å². The standard InChI is InChI=1S/C12H15FN2O2/c1-12(2,3)17-11(16)15-14-8-9-5-4-6-10(13)7-9/h4-8H,1-3H3,(H,15,16)/b14-8+. The Morgan fingerprint density at radius 3 is 2.76 bits per heavy atom. The van der Waals surface area contributed by atoms with Gasteiger partial charge in [-0.1, -0.05) is 12.1 Å². The van der Waals surface area contributed by atoms with Gasteiger partial charge in [0.25, 0.3) is 0 Å². The molecule has 0 unspecified atom stereocenters. The number of amides is 1. The Morgan fingerprint density at radius 2 is 2.18 bits per heavy atom. The number of ether oxygens (including phenoxy) is 1. The van der Waals surface area contributed by atoms with Crippen molar-refractivity contribution in [2.24, 2.45) is 5.10 Å². The van der Waals surface area contributed by atoms with E-state index in [0.29, 0.717) is 5.56 Å². The van der Waals surface area contributed by atoms with E-state index in [4.69, 9.17) is 4.74 Å². The summed E-state index contributed by atoms with van der Waals surface area (Å²) in [5.74, 6) is -0.355. The van der Waals surface area contributed by atoms with Gasteiger partial charge in [-0.2, -0.15) is 5.10 Å². The third-order valence-corrected chi connectivity index (χ3v) is 1.62. The van der Waals surface area contributed by atoms with Gasteiger partial charge in [-0.25, -0.2) is 14.6 Å². The molecule has 0 atom stereocenters. The lowest BCUT2D eigenvalue weighted by Gasteiger charge is -2.18. The molecule has 1 amide bonds. The topological polar surface area (TPSA) is 50.7 Å². The van der Waals surface area contributed by atoms with Gasteiger partial charge in [0.05, 0.1) is 6.21 Å². The second kappa shape index (κ2) is 5.43. The molecule has 0 bridgehead atoms. The Morgan fingerprint density at radius 1 is 1.47 bits per heavy atom. The molecule has 92 valence electrons. The molecule has 0 aliphatic rings. The molecule has 0 aliphatic carbocycles. The number of halogens is 1. The number of hydrazone groups is 1. The van der Waals surface area contributed by atoms with Crippen LogP contribution in [0.25, 0.3) is 0 Å². The highest BCUT2D eigenvalue weighted by molar-refractivity contribution is 5.80. The van der Waals surface area contributed by atoms with Gasteiger partial charge in [0.15, 0.2) is 0 Å². The fourth-order valence-corrected chi connectivity index (χ4v) is 1.05. The molecule has 5 heteroatoms. The monoisotopic (exact) mass is 238 g/mol. The molecule has 0 radical (unpaired) electrons. The second-order valence-electron chi connectivity index (χ2n) is 4.43. The average molecular weight is 238 g/mol. The van der Waals surface area contributed by atoms with E-state index in [9.17, 15) is 9.18 Å². The molecule has 0 saturated heterocycles. The van der Waals surface area contributed by atoms with Gasteiger partial charge in [0.1, 0.15) is 11.4 Å². The minimum absolute atomic E-state index is 0.355. The maximum atomic E-state index is 12.8. The third-order valence-electron chi connectivity index (χ3n) is 1.62. The number of carbonyl (C=O) groups excluding carboxylic acids is 1. The molecule has 1 N–H and O–H groups in total. The highest BCUT2D eigenvalue weighted by atomic mass is 19.1. The number of hydrogen-bond acceptors (Lipinski definition) is 3. The largest absolute Gasteiger partial charge is 0.443 e. The normalized spacial score (nSPS) is 11.5. The van der Waals surface area contributed by atoms with E-state index in [1.807, 2.05) is 0 Å². The van der Waals surface area contributed by atoms with Crippen LogP contribution in [-0.4, -0.2) is 17.9 Å². The molecule has 0 fully saturated rings. The predicted molar refractivity (Wildman–Crippen MR) is 63.4 cm³/mol. The summed E-state index contributed by atoms with van der Waals surface area (Å²) >= 11 is 0. The van der Waals surface area contributed by atoms with Crippen molar-refractivity contribution in [3.8, 4) is 0 Å². The van der Waals surface area contributed by atoms with Crippen LogP contribution in [0, 0.1) is 5.82 Å². The number of rotatable bonds is 2. The zero-order valence-electron chi connectivity index (χ0n) is 10.0. The van der Waals surface area contributed by atoms with E-state index in [2.05, 4.69) is 10.5 Å². The van der Waals surface area contributed by atoms with Crippen LogP contribution in [0.15, 0.2) is 29.4 Å². The van der Waals surface area contributed by atoms with Crippen molar-refractivity contribution in [1.29, 1.82) is 0 Å². The Kier molecular flexibility index (Phi) is 4.20. The fraction of sp³-hybridized carbons (Fsp3) is 0.333. The van der Waals surface area contributed by atoms with E-state index in [1.54, 1.807) is 32.9 Å². The first-order valence-electron chi connectivity index (χ1n) is 5.14. The molecule has 1 aromatic rings. The van der Waals surface area contributed by atoms with Crippen LogP contribution in [0.4, 0.5) is 9.18 Å². The van der Waals surface area contributed by atoms with Crippen LogP contribution < -0.4 is 5.43 Å². The lowest BCUT2D eigenvalue weighted by Crippen LogP contribution is -2.29. The van der Waals surface area contributed by atoms with Crippen LogP contribution in [0.5, 0.6) is 0 Å². The first-order chi connectivity index (χ1) is 7.87. The van der Waals surface area contributed by atoms with Crippen molar-refractivity contribution in [3.05, 3.63) is 35.6 Å². The molecule has 1 rings (SSSR count). The molecule has 4 nitrogen and oxygen atoms in total. The lowest BCUT2D eigenvalue weighted by molar-refractivity contribution is 0.0529. The van der Waals surface area contributed by atoms with Crippen LogP contribution in [0.3, 0.4) is 0 Å². The summed E-state index contributed by atoms with van der Waals surface area (Å²) in [6.45, 7) is 5.26. The lowest BCUT2D eigenvalue weighted by atomic mass is 10.2. The van der Waals surface area contributed by atoms with Crippen molar-refractivity contribution >= 4 is 12.3 Å². The van der Waals surface area contributed by atoms with Gasteiger partial charge < -0.3 is 4.74 Å². The van der Waals surface area contributed by atoms with Crippen molar-refractivity contribution in [1.82, 2.24) is 5.43 Å². The second-order valence-corrected chi connectivity index (χ2v) is 4.43. The SMILES string of the molecule is CC(C)(C)OC(=O)N/N=C/c1cccc(F)c1. The predicted octanol–water partition coefficient (Wildman–Crippen LogP) is 2.68. The first kappa shape index (κ1) is 13.2. The maximum absolute atomic E-state index is 12.8. The van der Waals surface area contributed by atoms with Crippen LogP contribution >= 0.6 is 0 Å². The summed E-state index contributed by atoms with van der Waals surface area (Å²) in [7, 11) is 0. The summed E-state index contributed by atoms with van der Waals surface area (Å²) in [6, 6.07) is 5.87. The molecular weight excluding hydrogens is 223 g/mol. The van der Waals surface area contributed by atoms with Crippen molar-refractivity contribution in [2.45, 2.75) is 26.4 Å². The van der Waals surface area contributed by atoms with Crippen LogP contribution in [0.1, 0.15) is 26.3 Å². The summed E-state index contributed by atoms with van der Waals surface area (Å²) in [5, 5.41) is 3.65. The molecule has 0 aromatic heterocycles. The van der Waals surface area contributed by atoms with E-state index < -0.39 is 11.7 Å². The zero-order valence-corrected chi connectivity index (χ0v) is 10.0. The van der Waals surface area contributed by atoms with E-state index in [-0.39, 0.29) is 5.82 Å². The number of hydrogen-bond donors (Lipinski definition) is 1. The highest BCUT2D eigenvalue weighted by Gasteiger charge is 2.15. The van der Waals surface area contributed by atoms with E-state index >= 15 is 0 Å². The van der Waals surface area contributed by atoms with Gasteiger partial charge in [0, 0.05) is 0 Å². The minimum atomic E-state index is -0.648. The van der Waals surface area contributed by atoms with Gasteiger partial charge >= 0.3 is 6.09 Å².